The Labute approximate surface area is 123 Å². The molecule has 0 bridgehead atoms. The van der Waals surface area contributed by atoms with Crippen molar-refractivity contribution in [1.82, 2.24) is 4.57 Å². The topological polar surface area (TPSA) is 68.5 Å². The maximum absolute atomic E-state index is 14.0. The molecular formula is C15H13F2NO4. The molecule has 5 nitrogen and oxygen atoms in total. The zero-order valence-electron chi connectivity index (χ0n) is 11.9. The minimum atomic E-state index is -1.40. The van der Waals surface area contributed by atoms with Crippen molar-refractivity contribution in [1.29, 1.82) is 0 Å². The van der Waals surface area contributed by atoms with Crippen molar-refractivity contribution >= 4 is 16.9 Å². The normalized spacial score (nSPS) is 20.2. The number of hydrogen-bond acceptors (Lipinski definition) is 3. The van der Waals surface area contributed by atoms with Crippen LogP contribution in [-0.2, 0) is 0 Å². The molecule has 0 saturated heterocycles. The van der Waals surface area contributed by atoms with Gasteiger partial charge in [0.25, 0.3) is 0 Å². The highest BCUT2D eigenvalue weighted by Gasteiger charge is 2.37. The minimum Gasteiger partial charge on any atom is -0.491 e. The van der Waals surface area contributed by atoms with Crippen LogP contribution in [0.15, 0.2) is 17.1 Å². The van der Waals surface area contributed by atoms with Gasteiger partial charge in [-0.05, 0) is 18.4 Å². The second kappa shape index (κ2) is 4.79. The fourth-order valence-corrected chi connectivity index (χ4v) is 2.72. The summed E-state index contributed by atoms with van der Waals surface area (Å²) in [6, 6.07) is 0.658. The number of aromatic carboxylic acids is 1. The first-order chi connectivity index (χ1) is 10.4. The molecule has 1 aliphatic rings. The highest BCUT2D eigenvalue weighted by molar-refractivity contribution is 5.94. The summed E-state index contributed by atoms with van der Waals surface area (Å²) < 4.78 is 34.1. The third-order valence-electron chi connectivity index (χ3n) is 4.02. The van der Waals surface area contributed by atoms with Gasteiger partial charge in [0.1, 0.15) is 5.56 Å². The predicted octanol–water partition coefficient (Wildman–Crippen LogP) is 2.57. The average molecular weight is 309 g/mol. The number of methoxy groups -OCH3 is 1. The number of pyridine rings is 1. The Kier molecular flexibility index (Phi) is 3.16. The van der Waals surface area contributed by atoms with Gasteiger partial charge in [-0.25, -0.2) is 9.18 Å². The number of halogens is 2. The Morgan fingerprint density at radius 2 is 2.09 bits per heavy atom. The van der Waals surface area contributed by atoms with Gasteiger partial charge in [0.15, 0.2) is 11.6 Å². The predicted molar refractivity (Wildman–Crippen MR) is 74.5 cm³/mol. The maximum atomic E-state index is 14.0. The van der Waals surface area contributed by atoms with Gasteiger partial charge in [-0.2, -0.15) is 4.39 Å². The summed E-state index contributed by atoms with van der Waals surface area (Å²) in [5.41, 5.74) is -1.24. The lowest BCUT2D eigenvalue weighted by Gasteiger charge is -2.15. The molecule has 0 spiro atoms. The molecule has 0 radical (unpaired) electrons. The van der Waals surface area contributed by atoms with E-state index in [4.69, 9.17) is 9.84 Å². The molecule has 2 unspecified atom stereocenters. The second-order valence-electron chi connectivity index (χ2n) is 5.47. The Hall–Kier alpha value is -2.44. The van der Waals surface area contributed by atoms with E-state index in [9.17, 15) is 18.4 Å². The van der Waals surface area contributed by atoms with E-state index >= 15 is 0 Å². The average Bonchev–Trinajstić information content (AvgIpc) is 3.18. The molecule has 7 heteroatoms. The first-order valence-electron chi connectivity index (χ1n) is 6.71. The molecule has 116 valence electrons. The van der Waals surface area contributed by atoms with Gasteiger partial charge in [-0.1, -0.05) is 6.92 Å². The number of fused-ring (bicyclic) bond motifs is 1. The monoisotopic (exact) mass is 309 g/mol. The molecule has 2 aromatic rings. The van der Waals surface area contributed by atoms with E-state index < -0.39 is 28.6 Å². The van der Waals surface area contributed by atoms with E-state index in [0.717, 1.165) is 12.5 Å². The van der Waals surface area contributed by atoms with Crippen molar-refractivity contribution in [3.05, 3.63) is 39.7 Å². The smallest absolute Gasteiger partial charge is 0.341 e. The molecule has 0 aliphatic heterocycles. The SMILES string of the molecule is COc1c(F)c(F)cc2c(=O)c(C(=O)O)cn(C3CC3C)c12. The third kappa shape index (κ3) is 1.96. The molecule has 1 saturated carbocycles. The lowest BCUT2D eigenvalue weighted by molar-refractivity contribution is 0.0694. The molecule has 1 aliphatic carbocycles. The Balaban J connectivity index is 2.50. The van der Waals surface area contributed by atoms with Crippen molar-refractivity contribution in [2.24, 2.45) is 5.92 Å². The quantitative estimate of drug-likeness (QED) is 0.946. The summed E-state index contributed by atoms with van der Waals surface area (Å²) in [4.78, 5) is 23.5. The van der Waals surface area contributed by atoms with Crippen molar-refractivity contribution in [3.63, 3.8) is 0 Å². The first-order valence-corrected chi connectivity index (χ1v) is 6.71. The van der Waals surface area contributed by atoms with Crippen LogP contribution in [0.3, 0.4) is 0 Å². The number of nitrogens with zero attached hydrogens (tertiary/aromatic N) is 1. The van der Waals surface area contributed by atoms with E-state index in [1.54, 1.807) is 0 Å². The molecule has 0 amide bonds. The van der Waals surface area contributed by atoms with Gasteiger partial charge in [0.2, 0.25) is 11.2 Å². The van der Waals surface area contributed by atoms with Crippen LogP contribution in [0.4, 0.5) is 8.78 Å². The van der Waals surface area contributed by atoms with Crippen LogP contribution < -0.4 is 10.2 Å². The molecule has 1 N–H and O–H groups in total. The van der Waals surface area contributed by atoms with E-state index in [1.165, 1.54) is 17.9 Å². The maximum Gasteiger partial charge on any atom is 0.341 e. The number of carboxylic acids is 1. The Morgan fingerprint density at radius 3 is 2.59 bits per heavy atom. The first kappa shape index (κ1) is 14.5. The molecule has 3 rings (SSSR count). The number of hydrogen-bond donors (Lipinski definition) is 1. The van der Waals surface area contributed by atoms with E-state index in [2.05, 4.69) is 0 Å². The number of ether oxygens (including phenoxy) is 1. The number of carboxylic acid groups (broad SMARTS) is 1. The lowest BCUT2D eigenvalue weighted by Crippen LogP contribution is -2.20. The number of benzene rings is 1. The highest BCUT2D eigenvalue weighted by atomic mass is 19.2. The second-order valence-corrected chi connectivity index (χ2v) is 5.47. The molecule has 1 fully saturated rings. The van der Waals surface area contributed by atoms with Crippen LogP contribution >= 0.6 is 0 Å². The molecule has 1 aromatic carbocycles. The van der Waals surface area contributed by atoms with E-state index in [0.29, 0.717) is 0 Å². The molecule has 2 atom stereocenters. The standard InChI is InChI=1S/C15H13F2NO4/c1-6-3-10(6)18-5-8(15(20)21)13(19)7-4-9(16)11(17)14(22-2)12(7)18/h4-6,10H,3H2,1-2H3,(H,20,21). The summed E-state index contributed by atoms with van der Waals surface area (Å²) in [7, 11) is 1.17. The summed E-state index contributed by atoms with van der Waals surface area (Å²) in [5.74, 6) is -3.98. The summed E-state index contributed by atoms with van der Waals surface area (Å²) in [6.45, 7) is 1.95. The van der Waals surface area contributed by atoms with Crippen LogP contribution in [0.2, 0.25) is 0 Å². The van der Waals surface area contributed by atoms with Gasteiger partial charge in [0, 0.05) is 12.2 Å². The van der Waals surface area contributed by atoms with Gasteiger partial charge >= 0.3 is 5.97 Å². The van der Waals surface area contributed by atoms with Crippen LogP contribution in [0.1, 0.15) is 29.7 Å². The van der Waals surface area contributed by atoms with Crippen LogP contribution in [-0.4, -0.2) is 22.8 Å². The Bertz CT molecular complexity index is 859. The summed E-state index contributed by atoms with van der Waals surface area (Å²) in [6.07, 6.45) is 1.94. The van der Waals surface area contributed by atoms with Crippen molar-refractivity contribution in [2.45, 2.75) is 19.4 Å². The molecule has 1 heterocycles. The fraction of sp³-hybridized carbons (Fsp3) is 0.333. The fourth-order valence-electron chi connectivity index (χ4n) is 2.72. The molecular weight excluding hydrogens is 296 g/mol. The molecule has 1 aromatic heterocycles. The number of aromatic nitrogens is 1. The number of rotatable bonds is 3. The Morgan fingerprint density at radius 1 is 1.45 bits per heavy atom. The van der Waals surface area contributed by atoms with Gasteiger partial charge in [-0.15, -0.1) is 0 Å². The van der Waals surface area contributed by atoms with Gasteiger partial charge in [0.05, 0.1) is 18.0 Å². The van der Waals surface area contributed by atoms with Crippen molar-refractivity contribution in [3.8, 4) is 5.75 Å². The molecule has 22 heavy (non-hydrogen) atoms. The van der Waals surface area contributed by atoms with Gasteiger partial charge < -0.3 is 14.4 Å². The highest BCUT2D eigenvalue weighted by Crippen LogP contribution is 2.45. The summed E-state index contributed by atoms with van der Waals surface area (Å²) in [5, 5.41) is 8.96. The number of carbonyl (C=O) groups is 1. The van der Waals surface area contributed by atoms with Crippen LogP contribution in [0.5, 0.6) is 5.75 Å². The van der Waals surface area contributed by atoms with E-state index in [1.807, 2.05) is 6.92 Å². The van der Waals surface area contributed by atoms with Crippen LogP contribution in [0.25, 0.3) is 10.9 Å². The minimum absolute atomic E-state index is 0.0695. The third-order valence-corrected chi connectivity index (χ3v) is 4.02. The zero-order valence-corrected chi connectivity index (χ0v) is 11.9. The zero-order chi connectivity index (χ0) is 16.2. The van der Waals surface area contributed by atoms with Crippen molar-refractivity contribution < 1.29 is 23.4 Å². The van der Waals surface area contributed by atoms with Crippen LogP contribution in [0, 0.1) is 17.6 Å². The van der Waals surface area contributed by atoms with Gasteiger partial charge in [-0.3, -0.25) is 4.79 Å². The largest absolute Gasteiger partial charge is 0.491 e. The lowest BCUT2D eigenvalue weighted by atomic mass is 10.1. The van der Waals surface area contributed by atoms with E-state index in [-0.39, 0.29) is 28.6 Å². The van der Waals surface area contributed by atoms with Crippen molar-refractivity contribution in [2.75, 3.05) is 7.11 Å². The summed E-state index contributed by atoms with van der Waals surface area (Å²) >= 11 is 0.